The number of aliphatic hydroxyl groups is 2. The molecule has 0 unspecified atom stereocenters. The van der Waals surface area contributed by atoms with Gasteiger partial charge in [0.25, 0.3) is 0 Å². The molecule has 1 aromatic heterocycles. The zero-order valence-corrected chi connectivity index (χ0v) is 26.3. The number of carbonyl (C=O) groups excluding carboxylic acids is 2. The summed E-state index contributed by atoms with van der Waals surface area (Å²) in [6, 6.07) is 12.4. The van der Waals surface area contributed by atoms with Crippen LogP contribution in [-0.2, 0) is 25.5 Å². The van der Waals surface area contributed by atoms with Crippen LogP contribution < -0.4 is 0 Å². The molecule has 3 saturated carbocycles. The monoisotopic (exact) mass is 615 g/mol. The Kier molecular flexibility index (Phi) is 7.13. The number of alkyl halides is 1. The van der Waals surface area contributed by atoms with Gasteiger partial charge in [-0.1, -0.05) is 61.4 Å². The van der Waals surface area contributed by atoms with Crippen LogP contribution >= 0.6 is 0 Å². The van der Waals surface area contributed by atoms with Crippen LogP contribution in [0.3, 0.4) is 0 Å². The van der Waals surface area contributed by atoms with Gasteiger partial charge in [0.15, 0.2) is 29.1 Å². The predicted molar refractivity (Wildman–Crippen MR) is 165 cm³/mol. The van der Waals surface area contributed by atoms with E-state index in [0.717, 1.165) is 12.1 Å². The summed E-state index contributed by atoms with van der Waals surface area (Å²) >= 11 is 0. The van der Waals surface area contributed by atoms with Gasteiger partial charge >= 0.3 is 0 Å². The molecule has 7 rings (SSSR count). The first-order valence-corrected chi connectivity index (χ1v) is 16.2. The number of allylic oxidation sites excluding steroid dienone is 4. The van der Waals surface area contributed by atoms with Gasteiger partial charge in [0, 0.05) is 34.2 Å². The molecule has 4 fully saturated rings. The molecule has 1 saturated heterocycles. The van der Waals surface area contributed by atoms with E-state index in [1.165, 1.54) is 23.3 Å². The minimum atomic E-state index is -2.03. The average Bonchev–Trinajstić information content (AvgIpc) is 3.52. The number of aromatic nitrogens is 1. The summed E-state index contributed by atoms with van der Waals surface area (Å²) in [7, 11) is 0. The second-order valence-corrected chi connectivity index (χ2v) is 14.5. The lowest BCUT2D eigenvalue weighted by atomic mass is 9.44. The number of Topliss-reactive ketones (excluding diaryl/α,β-unsaturated/α-hetero) is 1. The highest BCUT2D eigenvalue weighted by Gasteiger charge is 2.79. The third-order valence-corrected chi connectivity index (χ3v) is 12.2. The number of nitrogens with zero attached hydrogens (tertiary/aromatic N) is 1. The number of halogens is 1. The highest BCUT2D eigenvalue weighted by Crippen LogP contribution is 2.72. The molecule has 238 valence electrons. The van der Waals surface area contributed by atoms with E-state index in [2.05, 4.69) is 38.1 Å². The molecule has 45 heavy (non-hydrogen) atoms. The van der Waals surface area contributed by atoms with Crippen LogP contribution in [0.1, 0.15) is 81.0 Å². The fourth-order valence-electron chi connectivity index (χ4n) is 9.74. The molecule has 2 aromatic rings. The number of carbonyl (C=O) groups is 2. The van der Waals surface area contributed by atoms with Crippen LogP contribution in [0.5, 0.6) is 0 Å². The van der Waals surface area contributed by atoms with Gasteiger partial charge in [-0.15, -0.1) is 0 Å². The van der Waals surface area contributed by atoms with Gasteiger partial charge in [-0.2, -0.15) is 0 Å². The van der Waals surface area contributed by atoms with E-state index < -0.39 is 58.9 Å². The summed E-state index contributed by atoms with van der Waals surface area (Å²) in [5.74, 6) is -1.34. The van der Waals surface area contributed by atoms with Crippen LogP contribution in [-0.4, -0.2) is 56.8 Å². The van der Waals surface area contributed by atoms with E-state index in [4.69, 9.17) is 14.5 Å². The number of aryl methyl sites for hydroxylation is 1. The molecule has 4 aliphatic carbocycles. The van der Waals surface area contributed by atoms with E-state index in [1.54, 1.807) is 19.2 Å². The molecule has 10 atom stereocenters. The number of ketones is 2. The second kappa shape index (κ2) is 10.5. The van der Waals surface area contributed by atoms with E-state index >= 15 is 4.39 Å². The van der Waals surface area contributed by atoms with Crippen molar-refractivity contribution in [2.45, 2.75) is 95.5 Å². The Morgan fingerprint density at radius 3 is 2.60 bits per heavy atom. The molecule has 1 aliphatic heterocycles. The quantitative estimate of drug-likeness (QED) is 0.447. The summed E-state index contributed by atoms with van der Waals surface area (Å²) in [6.07, 6.45) is 5.25. The number of rotatable bonds is 6. The summed E-state index contributed by atoms with van der Waals surface area (Å²) in [5, 5.41) is 21.9. The van der Waals surface area contributed by atoms with Crippen molar-refractivity contribution >= 4 is 11.6 Å². The SMILES string of the molecule is Cc1ccc([C@H](C)Cc2ccc([C@@H]3O[C@@H]4C[C@H]5[C@@H]6CCC7=CC(=O)C=C[C@]7(C)[C@@]6(F)[C@@H](O)C[C@]5(C)[C@]4(C(=O)CO)O3)cn2)cc1. The summed E-state index contributed by atoms with van der Waals surface area (Å²) < 4.78 is 30.7. The molecule has 2 N–H and O–H groups in total. The Labute approximate surface area is 263 Å². The molecule has 0 spiro atoms. The number of hydrogen-bond donors (Lipinski definition) is 2. The van der Waals surface area contributed by atoms with Crippen molar-refractivity contribution < 1.29 is 33.7 Å². The number of ether oxygens (including phenoxy) is 2. The number of fused-ring (bicyclic) bond motifs is 7. The molecular weight excluding hydrogens is 573 g/mol. The minimum Gasteiger partial charge on any atom is -0.390 e. The van der Waals surface area contributed by atoms with Gasteiger partial charge < -0.3 is 19.7 Å². The van der Waals surface area contributed by atoms with Crippen molar-refractivity contribution in [1.82, 2.24) is 4.98 Å². The molecular formula is C37H42FNO6. The fourth-order valence-corrected chi connectivity index (χ4v) is 9.74. The minimum absolute atomic E-state index is 0.0400. The first-order chi connectivity index (χ1) is 21.4. The van der Waals surface area contributed by atoms with Crippen LogP contribution in [0.15, 0.2) is 66.4 Å². The van der Waals surface area contributed by atoms with Gasteiger partial charge in [0.2, 0.25) is 0 Å². The molecule has 0 bridgehead atoms. The Bertz CT molecular complexity index is 1590. The summed E-state index contributed by atoms with van der Waals surface area (Å²) in [6.45, 7) is 7.15. The Morgan fingerprint density at radius 1 is 1.16 bits per heavy atom. The first-order valence-electron chi connectivity index (χ1n) is 16.2. The fraction of sp³-hybridized carbons (Fsp3) is 0.541. The van der Waals surface area contributed by atoms with Crippen molar-refractivity contribution in [3.63, 3.8) is 0 Å². The third-order valence-electron chi connectivity index (χ3n) is 12.2. The third kappa shape index (κ3) is 4.18. The van der Waals surface area contributed by atoms with Crippen LogP contribution in [0.2, 0.25) is 0 Å². The zero-order chi connectivity index (χ0) is 31.9. The highest BCUT2D eigenvalue weighted by atomic mass is 19.1. The van der Waals surface area contributed by atoms with Gasteiger partial charge in [0.1, 0.15) is 6.61 Å². The topological polar surface area (TPSA) is 106 Å². The summed E-state index contributed by atoms with van der Waals surface area (Å²) in [4.78, 5) is 30.6. The van der Waals surface area contributed by atoms with Gasteiger partial charge in [0.05, 0.1) is 12.2 Å². The van der Waals surface area contributed by atoms with Crippen molar-refractivity contribution in [3.05, 3.63) is 88.8 Å². The van der Waals surface area contributed by atoms with Crippen LogP contribution in [0.4, 0.5) is 4.39 Å². The number of hydrogen-bond acceptors (Lipinski definition) is 7. The van der Waals surface area contributed by atoms with Crippen molar-refractivity contribution in [2.24, 2.45) is 22.7 Å². The maximum atomic E-state index is 17.6. The van der Waals surface area contributed by atoms with Crippen LogP contribution in [0, 0.1) is 29.6 Å². The first kappa shape index (κ1) is 30.6. The van der Waals surface area contributed by atoms with E-state index in [9.17, 15) is 19.8 Å². The molecule has 0 amide bonds. The van der Waals surface area contributed by atoms with Gasteiger partial charge in [-0.3, -0.25) is 14.6 Å². The zero-order valence-electron chi connectivity index (χ0n) is 26.3. The van der Waals surface area contributed by atoms with Crippen LogP contribution in [0.25, 0.3) is 0 Å². The van der Waals surface area contributed by atoms with E-state index in [-0.39, 0.29) is 24.0 Å². The molecule has 8 heteroatoms. The maximum absolute atomic E-state index is 17.6. The lowest BCUT2D eigenvalue weighted by Gasteiger charge is -2.62. The average molecular weight is 616 g/mol. The Balaban J connectivity index is 1.16. The van der Waals surface area contributed by atoms with Crippen molar-refractivity contribution in [3.8, 4) is 0 Å². The lowest BCUT2D eigenvalue weighted by molar-refractivity contribution is -0.231. The Hall–Kier alpha value is -3.04. The number of pyridine rings is 1. The number of aliphatic hydroxyl groups excluding tert-OH is 2. The van der Waals surface area contributed by atoms with E-state index in [0.29, 0.717) is 30.4 Å². The normalized spacial score (nSPS) is 40.6. The number of benzene rings is 1. The molecule has 0 radical (unpaired) electrons. The largest absolute Gasteiger partial charge is 0.390 e. The van der Waals surface area contributed by atoms with Gasteiger partial charge in [-0.25, -0.2) is 4.39 Å². The van der Waals surface area contributed by atoms with E-state index in [1.807, 2.05) is 19.1 Å². The molecule has 7 nitrogen and oxygen atoms in total. The molecule has 2 heterocycles. The standard InChI is InChI=1S/C37H42FNO6/c1-21-5-7-23(8-6-21)22(2)15-26-11-9-24(19-39-26)33-44-32-17-29-28-12-10-25-16-27(41)13-14-34(25,3)36(28,38)30(42)18-35(29,4)37(32,45-33)31(43)20-40/h5-9,11,13-14,16,19,22,28-30,32-33,40,42H,10,12,15,17-18,20H2,1-4H3/t22-,28+,29+,30+,32-,33-,34+,35+,36+,37-/m1/s1. The predicted octanol–water partition coefficient (Wildman–Crippen LogP) is 5.43. The maximum Gasteiger partial charge on any atom is 0.193 e. The highest BCUT2D eigenvalue weighted by molar-refractivity contribution is 6.01. The molecule has 1 aromatic carbocycles. The van der Waals surface area contributed by atoms with Crippen molar-refractivity contribution in [2.75, 3.05) is 6.61 Å². The van der Waals surface area contributed by atoms with Crippen molar-refractivity contribution in [1.29, 1.82) is 0 Å². The summed E-state index contributed by atoms with van der Waals surface area (Å²) in [5.41, 5.74) is -0.957. The molecule has 5 aliphatic rings. The Morgan fingerprint density at radius 2 is 1.91 bits per heavy atom. The van der Waals surface area contributed by atoms with Gasteiger partial charge in [-0.05, 0) is 81.6 Å². The second-order valence-electron chi connectivity index (χ2n) is 14.5. The lowest BCUT2D eigenvalue weighted by Crippen LogP contribution is -2.69. The smallest absolute Gasteiger partial charge is 0.193 e.